The summed E-state index contributed by atoms with van der Waals surface area (Å²) in [4.78, 5) is 14.5. The van der Waals surface area contributed by atoms with Crippen LogP contribution in [0.25, 0.3) is 0 Å². The van der Waals surface area contributed by atoms with Gasteiger partial charge in [0.25, 0.3) is 5.91 Å². The molecule has 0 radical (unpaired) electrons. The Kier molecular flexibility index (Phi) is 4.19. The summed E-state index contributed by atoms with van der Waals surface area (Å²) < 4.78 is 11.6. The Bertz CT molecular complexity index is 473. The molecule has 0 spiro atoms. The monoisotopic (exact) mass is 293 g/mol. The predicted molar refractivity (Wildman–Crippen MR) is 78.1 cm³/mol. The minimum Gasteiger partial charge on any atom is -0.372 e. The van der Waals surface area contributed by atoms with Gasteiger partial charge in [-0.2, -0.15) is 11.3 Å². The number of hydrogen-bond donors (Lipinski definition) is 0. The number of ether oxygens (including phenoxy) is 2. The summed E-state index contributed by atoms with van der Waals surface area (Å²) in [5.74, 6) is 0.119. The number of carbonyl (C=O) groups is 1. The molecule has 3 rings (SSSR count). The van der Waals surface area contributed by atoms with Crippen molar-refractivity contribution in [1.29, 1.82) is 0 Å². The van der Waals surface area contributed by atoms with Crippen LogP contribution in [0, 0.1) is 0 Å². The van der Waals surface area contributed by atoms with Gasteiger partial charge in [-0.05, 0) is 24.3 Å². The van der Waals surface area contributed by atoms with Gasteiger partial charge in [-0.1, -0.05) is 6.08 Å². The molecule has 2 fully saturated rings. The van der Waals surface area contributed by atoms with Crippen LogP contribution in [0.3, 0.4) is 0 Å². The predicted octanol–water partition coefficient (Wildman–Crippen LogP) is 2.32. The van der Waals surface area contributed by atoms with Crippen molar-refractivity contribution in [3.05, 3.63) is 35.0 Å². The van der Waals surface area contributed by atoms with E-state index in [1.165, 1.54) is 0 Å². The third-order valence-corrected chi connectivity index (χ3v) is 4.68. The summed E-state index contributed by atoms with van der Waals surface area (Å²) >= 11 is 1.55. The molecule has 4 nitrogen and oxygen atoms in total. The highest BCUT2D eigenvalue weighted by molar-refractivity contribution is 7.08. The van der Waals surface area contributed by atoms with Gasteiger partial charge in [0.05, 0.1) is 30.9 Å². The van der Waals surface area contributed by atoms with E-state index in [0.717, 1.165) is 18.4 Å². The van der Waals surface area contributed by atoms with Crippen LogP contribution in [0.4, 0.5) is 0 Å². The molecule has 1 aromatic rings. The lowest BCUT2D eigenvalue weighted by atomic mass is 10.1. The first-order valence-corrected chi connectivity index (χ1v) is 7.93. The average molecular weight is 293 g/mol. The molecule has 1 aromatic heterocycles. The van der Waals surface area contributed by atoms with Crippen LogP contribution >= 0.6 is 11.3 Å². The molecule has 3 atom stereocenters. The van der Waals surface area contributed by atoms with E-state index >= 15 is 0 Å². The Morgan fingerprint density at radius 3 is 3.25 bits per heavy atom. The standard InChI is InChI=1S/C15H19NO3S/c1-2-7-18-13-4-3-12-14(13)19-8-6-16(12)15(17)11-5-9-20-10-11/h2,5,9-10,12-14H,1,3-4,6-8H2/t12-,13-,14-/m1/s1. The van der Waals surface area contributed by atoms with E-state index in [1.807, 2.05) is 21.7 Å². The molecule has 1 saturated heterocycles. The minimum absolute atomic E-state index is 0.00582. The summed E-state index contributed by atoms with van der Waals surface area (Å²) in [5.41, 5.74) is 0.783. The Morgan fingerprint density at radius 1 is 1.60 bits per heavy atom. The average Bonchev–Trinajstić information content (AvgIpc) is 3.13. The molecule has 1 amide bonds. The normalized spacial score (nSPS) is 29.2. The lowest BCUT2D eigenvalue weighted by Gasteiger charge is -2.39. The van der Waals surface area contributed by atoms with Crippen LogP contribution < -0.4 is 0 Å². The van der Waals surface area contributed by atoms with Crippen molar-refractivity contribution in [3.8, 4) is 0 Å². The number of rotatable bonds is 4. The molecule has 0 bridgehead atoms. The fourth-order valence-corrected chi connectivity index (χ4v) is 3.72. The highest BCUT2D eigenvalue weighted by Crippen LogP contribution is 2.33. The maximum Gasteiger partial charge on any atom is 0.255 e. The van der Waals surface area contributed by atoms with Crippen LogP contribution in [-0.4, -0.2) is 48.8 Å². The van der Waals surface area contributed by atoms with Gasteiger partial charge in [0.15, 0.2) is 0 Å². The highest BCUT2D eigenvalue weighted by atomic mass is 32.1. The molecule has 5 heteroatoms. The third-order valence-electron chi connectivity index (χ3n) is 3.99. The molecule has 0 unspecified atom stereocenters. The molecule has 2 heterocycles. The van der Waals surface area contributed by atoms with E-state index in [0.29, 0.717) is 19.8 Å². The summed E-state index contributed by atoms with van der Waals surface area (Å²) in [7, 11) is 0. The van der Waals surface area contributed by atoms with Crippen LogP contribution in [0.15, 0.2) is 29.5 Å². The van der Waals surface area contributed by atoms with E-state index in [2.05, 4.69) is 6.58 Å². The second-order valence-corrected chi connectivity index (χ2v) is 5.93. The topological polar surface area (TPSA) is 38.8 Å². The largest absolute Gasteiger partial charge is 0.372 e. The highest BCUT2D eigenvalue weighted by Gasteiger charge is 2.45. The van der Waals surface area contributed by atoms with Crippen molar-refractivity contribution in [1.82, 2.24) is 4.90 Å². The summed E-state index contributed by atoms with van der Waals surface area (Å²) in [6.45, 7) is 5.47. The number of carbonyl (C=O) groups excluding carboxylic acids is 1. The molecule has 108 valence electrons. The first kappa shape index (κ1) is 13.8. The molecule has 2 aliphatic rings. The quantitative estimate of drug-likeness (QED) is 0.800. The SMILES string of the molecule is C=CCO[C@@H]1CC[C@@H]2[C@H]1OCCN2C(=O)c1ccsc1. The van der Waals surface area contributed by atoms with Crippen molar-refractivity contribution in [3.63, 3.8) is 0 Å². The fourth-order valence-electron chi connectivity index (χ4n) is 3.09. The second-order valence-electron chi connectivity index (χ2n) is 5.15. The number of hydrogen-bond acceptors (Lipinski definition) is 4. The summed E-state index contributed by atoms with van der Waals surface area (Å²) in [6.07, 6.45) is 3.73. The van der Waals surface area contributed by atoms with Crippen LogP contribution in [0.1, 0.15) is 23.2 Å². The van der Waals surface area contributed by atoms with Crippen molar-refractivity contribution in [2.75, 3.05) is 19.8 Å². The number of nitrogens with zero attached hydrogens (tertiary/aromatic N) is 1. The maximum atomic E-state index is 12.5. The number of fused-ring (bicyclic) bond motifs is 1. The van der Waals surface area contributed by atoms with Crippen LogP contribution in [-0.2, 0) is 9.47 Å². The molecule has 0 aromatic carbocycles. The number of morpholine rings is 1. The third kappa shape index (κ3) is 2.53. The molecule has 20 heavy (non-hydrogen) atoms. The van der Waals surface area contributed by atoms with Gasteiger partial charge in [0.2, 0.25) is 0 Å². The zero-order valence-electron chi connectivity index (χ0n) is 11.4. The zero-order chi connectivity index (χ0) is 13.9. The fraction of sp³-hybridized carbons (Fsp3) is 0.533. The second kappa shape index (κ2) is 6.08. The van der Waals surface area contributed by atoms with Crippen LogP contribution in [0.5, 0.6) is 0 Å². The summed E-state index contributed by atoms with van der Waals surface area (Å²) in [5, 5.41) is 3.85. The van der Waals surface area contributed by atoms with Crippen molar-refractivity contribution < 1.29 is 14.3 Å². The Morgan fingerprint density at radius 2 is 2.50 bits per heavy atom. The van der Waals surface area contributed by atoms with Gasteiger partial charge in [0, 0.05) is 11.9 Å². The zero-order valence-corrected chi connectivity index (χ0v) is 12.2. The van der Waals surface area contributed by atoms with Gasteiger partial charge in [-0.15, -0.1) is 6.58 Å². The van der Waals surface area contributed by atoms with Gasteiger partial charge in [-0.25, -0.2) is 0 Å². The first-order valence-electron chi connectivity index (χ1n) is 6.98. The van der Waals surface area contributed by atoms with Gasteiger partial charge >= 0.3 is 0 Å². The lowest BCUT2D eigenvalue weighted by molar-refractivity contribution is -0.100. The minimum atomic E-state index is 0.00582. The van der Waals surface area contributed by atoms with Crippen molar-refractivity contribution in [2.24, 2.45) is 0 Å². The molecule has 0 N–H and O–H groups in total. The van der Waals surface area contributed by atoms with Gasteiger partial charge in [0.1, 0.15) is 6.10 Å². The lowest BCUT2D eigenvalue weighted by Crippen LogP contribution is -2.53. The Balaban J connectivity index is 1.71. The van der Waals surface area contributed by atoms with E-state index < -0.39 is 0 Å². The van der Waals surface area contributed by atoms with Crippen molar-refractivity contribution >= 4 is 17.2 Å². The maximum absolute atomic E-state index is 12.5. The molecule has 1 aliphatic carbocycles. The Labute approximate surface area is 123 Å². The molecule has 1 aliphatic heterocycles. The van der Waals surface area contributed by atoms with Crippen molar-refractivity contribution in [2.45, 2.75) is 31.1 Å². The summed E-state index contributed by atoms with van der Waals surface area (Å²) in [6, 6.07) is 2.03. The first-order chi connectivity index (χ1) is 9.81. The van der Waals surface area contributed by atoms with E-state index in [9.17, 15) is 4.79 Å². The van der Waals surface area contributed by atoms with E-state index in [1.54, 1.807) is 17.4 Å². The van der Waals surface area contributed by atoms with E-state index in [4.69, 9.17) is 9.47 Å². The van der Waals surface area contributed by atoms with Gasteiger partial charge < -0.3 is 14.4 Å². The smallest absolute Gasteiger partial charge is 0.255 e. The number of amides is 1. The van der Waals surface area contributed by atoms with E-state index in [-0.39, 0.29) is 24.2 Å². The van der Waals surface area contributed by atoms with Crippen LogP contribution in [0.2, 0.25) is 0 Å². The Hall–Kier alpha value is -1.17. The number of thiophene rings is 1. The van der Waals surface area contributed by atoms with Gasteiger partial charge in [-0.3, -0.25) is 4.79 Å². The molecular weight excluding hydrogens is 274 g/mol. The molecular formula is C15H19NO3S. The molecule has 1 saturated carbocycles.